The number of nitrogens with one attached hydrogen (secondary N) is 1. The molecule has 20 heavy (non-hydrogen) atoms. The second-order valence-electron chi connectivity index (χ2n) is 4.95. The maximum atomic E-state index is 5.83. The maximum absolute atomic E-state index is 5.83. The summed E-state index contributed by atoms with van der Waals surface area (Å²) in [6.07, 6.45) is 1.15. The number of rotatable bonds is 8. The molecule has 0 aromatic carbocycles. The Hall–Kier alpha value is -0.620. The molecule has 0 unspecified atom stereocenters. The summed E-state index contributed by atoms with van der Waals surface area (Å²) in [7, 11) is 2.12. The molecular formula is C15H21BrN2OS. The molecule has 0 fully saturated rings. The number of hydrogen-bond donors (Lipinski definition) is 1. The van der Waals surface area contributed by atoms with Gasteiger partial charge in [0.1, 0.15) is 11.5 Å². The van der Waals surface area contributed by atoms with Gasteiger partial charge >= 0.3 is 0 Å². The fourth-order valence-electron chi connectivity index (χ4n) is 2.02. The van der Waals surface area contributed by atoms with E-state index in [2.05, 4.69) is 63.7 Å². The molecular weight excluding hydrogens is 336 g/mol. The van der Waals surface area contributed by atoms with Crippen LogP contribution < -0.4 is 5.32 Å². The van der Waals surface area contributed by atoms with Gasteiger partial charge in [-0.2, -0.15) is 0 Å². The highest BCUT2D eigenvalue weighted by molar-refractivity contribution is 9.10. The monoisotopic (exact) mass is 356 g/mol. The lowest BCUT2D eigenvalue weighted by molar-refractivity contribution is 0.284. The molecule has 0 spiro atoms. The SMILES string of the molecule is CCCNCc1ccc(CN(C)Cc2cc(Br)cs2)o1. The topological polar surface area (TPSA) is 28.4 Å². The molecule has 0 saturated carbocycles. The van der Waals surface area contributed by atoms with E-state index in [9.17, 15) is 0 Å². The lowest BCUT2D eigenvalue weighted by atomic mass is 10.3. The Morgan fingerprint density at radius 1 is 1.30 bits per heavy atom. The Bertz CT molecular complexity index is 523. The van der Waals surface area contributed by atoms with Crippen LogP contribution in [0, 0.1) is 0 Å². The van der Waals surface area contributed by atoms with Crippen LogP contribution in [-0.4, -0.2) is 18.5 Å². The number of halogens is 1. The normalized spacial score (nSPS) is 11.4. The van der Waals surface area contributed by atoms with Crippen LogP contribution in [0.1, 0.15) is 29.7 Å². The van der Waals surface area contributed by atoms with E-state index in [1.807, 2.05) is 0 Å². The first kappa shape index (κ1) is 15.8. The first-order chi connectivity index (χ1) is 9.67. The zero-order chi connectivity index (χ0) is 14.4. The maximum Gasteiger partial charge on any atom is 0.118 e. The van der Waals surface area contributed by atoms with E-state index in [0.717, 1.165) is 48.6 Å². The Kier molecular flexibility index (Phi) is 6.29. The van der Waals surface area contributed by atoms with Crippen LogP contribution in [0.3, 0.4) is 0 Å². The standard InChI is InChI=1S/C15H21BrN2OS/c1-3-6-17-8-13-4-5-14(19-13)9-18(2)10-15-7-12(16)11-20-15/h4-5,7,11,17H,3,6,8-10H2,1-2H3. The van der Waals surface area contributed by atoms with E-state index in [0.29, 0.717) is 0 Å². The van der Waals surface area contributed by atoms with Crippen molar-refractivity contribution in [3.63, 3.8) is 0 Å². The number of thiophene rings is 1. The van der Waals surface area contributed by atoms with Crippen LogP contribution in [0.25, 0.3) is 0 Å². The summed E-state index contributed by atoms with van der Waals surface area (Å²) < 4.78 is 6.99. The van der Waals surface area contributed by atoms with Gasteiger partial charge in [-0.1, -0.05) is 6.92 Å². The minimum atomic E-state index is 0.815. The third kappa shape index (κ3) is 5.05. The highest BCUT2D eigenvalue weighted by atomic mass is 79.9. The van der Waals surface area contributed by atoms with Crippen LogP contribution in [0.2, 0.25) is 0 Å². The minimum absolute atomic E-state index is 0.815. The quantitative estimate of drug-likeness (QED) is 0.717. The molecule has 2 rings (SSSR count). The van der Waals surface area contributed by atoms with Gasteiger partial charge in [-0.05, 0) is 54.1 Å². The predicted octanol–water partition coefficient (Wildman–Crippen LogP) is 4.24. The molecule has 0 aliphatic carbocycles. The average Bonchev–Trinajstić information content (AvgIpc) is 2.99. The largest absolute Gasteiger partial charge is 0.463 e. The fourth-order valence-corrected chi connectivity index (χ4v) is 3.55. The summed E-state index contributed by atoms with van der Waals surface area (Å²) in [4.78, 5) is 3.62. The van der Waals surface area contributed by atoms with Gasteiger partial charge in [0.05, 0.1) is 13.1 Å². The molecule has 0 radical (unpaired) electrons. The summed E-state index contributed by atoms with van der Waals surface area (Å²) in [5, 5.41) is 5.47. The highest BCUT2D eigenvalue weighted by Crippen LogP contribution is 2.21. The van der Waals surface area contributed by atoms with Crippen molar-refractivity contribution in [2.75, 3.05) is 13.6 Å². The van der Waals surface area contributed by atoms with E-state index >= 15 is 0 Å². The molecule has 2 aromatic rings. The summed E-state index contributed by atoms with van der Waals surface area (Å²) in [6.45, 7) is 5.79. The van der Waals surface area contributed by atoms with Gasteiger partial charge in [0.25, 0.3) is 0 Å². The minimum Gasteiger partial charge on any atom is -0.463 e. The number of furan rings is 1. The molecule has 110 valence electrons. The molecule has 2 aromatic heterocycles. The van der Waals surface area contributed by atoms with Gasteiger partial charge in [-0.15, -0.1) is 11.3 Å². The first-order valence-electron chi connectivity index (χ1n) is 6.87. The van der Waals surface area contributed by atoms with E-state index in [1.54, 1.807) is 11.3 Å². The van der Waals surface area contributed by atoms with E-state index in [4.69, 9.17) is 4.42 Å². The third-order valence-electron chi connectivity index (χ3n) is 2.92. The van der Waals surface area contributed by atoms with E-state index in [-0.39, 0.29) is 0 Å². The Morgan fingerprint density at radius 3 is 2.80 bits per heavy atom. The Morgan fingerprint density at radius 2 is 2.10 bits per heavy atom. The first-order valence-corrected chi connectivity index (χ1v) is 8.54. The van der Waals surface area contributed by atoms with Gasteiger partial charge in [-0.3, -0.25) is 4.90 Å². The van der Waals surface area contributed by atoms with Gasteiger partial charge < -0.3 is 9.73 Å². The van der Waals surface area contributed by atoms with E-state index < -0.39 is 0 Å². The second-order valence-corrected chi connectivity index (χ2v) is 6.86. The van der Waals surface area contributed by atoms with Gasteiger partial charge in [0.2, 0.25) is 0 Å². The molecule has 1 N–H and O–H groups in total. The van der Waals surface area contributed by atoms with Crippen LogP contribution in [0.4, 0.5) is 0 Å². The van der Waals surface area contributed by atoms with Crippen molar-refractivity contribution in [3.8, 4) is 0 Å². The van der Waals surface area contributed by atoms with Crippen molar-refractivity contribution in [2.24, 2.45) is 0 Å². The zero-order valence-electron chi connectivity index (χ0n) is 12.0. The molecule has 0 aliphatic heterocycles. The highest BCUT2D eigenvalue weighted by Gasteiger charge is 2.07. The summed E-state index contributed by atoms with van der Waals surface area (Å²) in [5.74, 6) is 2.04. The van der Waals surface area contributed by atoms with Crippen molar-refractivity contribution in [2.45, 2.75) is 33.0 Å². The predicted molar refractivity (Wildman–Crippen MR) is 87.9 cm³/mol. The molecule has 2 heterocycles. The van der Waals surface area contributed by atoms with E-state index in [1.165, 1.54) is 4.88 Å². The Balaban J connectivity index is 1.80. The lowest BCUT2D eigenvalue weighted by Crippen LogP contribution is -2.16. The molecule has 0 amide bonds. The van der Waals surface area contributed by atoms with Crippen LogP contribution >= 0.6 is 27.3 Å². The lowest BCUT2D eigenvalue weighted by Gasteiger charge is -2.13. The van der Waals surface area contributed by atoms with Crippen LogP contribution in [-0.2, 0) is 19.6 Å². The summed E-state index contributed by atoms with van der Waals surface area (Å²) in [6, 6.07) is 6.31. The van der Waals surface area contributed by atoms with Crippen molar-refractivity contribution < 1.29 is 4.42 Å². The van der Waals surface area contributed by atoms with Gasteiger partial charge in [0, 0.05) is 21.3 Å². The summed E-state index contributed by atoms with van der Waals surface area (Å²) in [5.41, 5.74) is 0. The molecule has 5 heteroatoms. The number of hydrogen-bond acceptors (Lipinski definition) is 4. The molecule has 0 bridgehead atoms. The zero-order valence-corrected chi connectivity index (χ0v) is 14.4. The molecule has 0 saturated heterocycles. The molecule has 3 nitrogen and oxygen atoms in total. The fraction of sp³-hybridized carbons (Fsp3) is 0.467. The van der Waals surface area contributed by atoms with Crippen LogP contribution in [0.5, 0.6) is 0 Å². The molecule has 0 aliphatic rings. The second kappa shape index (κ2) is 7.98. The van der Waals surface area contributed by atoms with Crippen molar-refractivity contribution in [1.82, 2.24) is 10.2 Å². The smallest absolute Gasteiger partial charge is 0.118 e. The van der Waals surface area contributed by atoms with Crippen molar-refractivity contribution in [3.05, 3.63) is 44.4 Å². The average molecular weight is 357 g/mol. The van der Waals surface area contributed by atoms with Crippen molar-refractivity contribution >= 4 is 27.3 Å². The van der Waals surface area contributed by atoms with Gasteiger partial charge in [0.15, 0.2) is 0 Å². The van der Waals surface area contributed by atoms with Crippen molar-refractivity contribution in [1.29, 1.82) is 0 Å². The van der Waals surface area contributed by atoms with Crippen LogP contribution in [0.15, 0.2) is 32.5 Å². The molecule has 0 atom stereocenters. The number of nitrogens with zero attached hydrogens (tertiary/aromatic N) is 1. The Labute approximate surface area is 133 Å². The van der Waals surface area contributed by atoms with Gasteiger partial charge in [-0.25, -0.2) is 0 Å². The summed E-state index contributed by atoms with van der Waals surface area (Å²) >= 11 is 5.27. The third-order valence-corrected chi connectivity index (χ3v) is 4.60.